The topological polar surface area (TPSA) is 76.9 Å². The molecule has 0 aromatic carbocycles. The number of nitrogens with one attached hydrogen (secondary N) is 1. The summed E-state index contributed by atoms with van der Waals surface area (Å²) in [6, 6.07) is 0. The first-order valence-corrected chi connectivity index (χ1v) is 8.54. The molecule has 0 amide bonds. The molecule has 0 saturated heterocycles. The van der Waals surface area contributed by atoms with Gasteiger partial charge in [0.15, 0.2) is 5.82 Å². The van der Waals surface area contributed by atoms with E-state index in [1.54, 1.807) is 17.9 Å². The fraction of sp³-hybridized carbons (Fsp3) is 0.833. The third kappa shape index (κ3) is 6.68. The van der Waals surface area contributed by atoms with Crippen molar-refractivity contribution >= 4 is 9.84 Å². The Labute approximate surface area is 115 Å². The lowest BCUT2D eigenvalue weighted by Gasteiger charge is -2.04. The molecule has 1 heterocycles. The van der Waals surface area contributed by atoms with Crippen LogP contribution in [0, 0.1) is 5.92 Å². The van der Waals surface area contributed by atoms with Crippen LogP contribution in [0.5, 0.6) is 0 Å². The molecular weight excluding hydrogens is 264 g/mol. The van der Waals surface area contributed by atoms with Crippen molar-refractivity contribution in [2.24, 2.45) is 5.92 Å². The van der Waals surface area contributed by atoms with E-state index in [1.807, 2.05) is 0 Å². The van der Waals surface area contributed by atoms with Crippen LogP contribution in [0.3, 0.4) is 0 Å². The van der Waals surface area contributed by atoms with E-state index in [0.717, 1.165) is 12.4 Å². The maximum absolute atomic E-state index is 11.3. The second kappa shape index (κ2) is 7.59. The van der Waals surface area contributed by atoms with Crippen LogP contribution in [-0.2, 0) is 22.9 Å². The third-order valence-electron chi connectivity index (χ3n) is 2.70. The van der Waals surface area contributed by atoms with Gasteiger partial charge in [-0.15, -0.1) is 0 Å². The second-order valence-electron chi connectivity index (χ2n) is 5.04. The van der Waals surface area contributed by atoms with Crippen LogP contribution in [0.2, 0.25) is 0 Å². The summed E-state index contributed by atoms with van der Waals surface area (Å²) >= 11 is 0. The summed E-state index contributed by atoms with van der Waals surface area (Å²) < 4.78 is 24.4. The lowest BCUT2D eigenvalue weighted by Crippen LogP contribution is -2.20. The largest absolute Gasteiger partial charge is 0.310 e. The number of sulfone groups is 1. The van der Waals surface area contributed by atoms with Gasteiger partial charge >= 0.3 is 0 Å². The van der Waals surface area contributed by atoms with Gasteiger partial charge in [-0.05, 0) is 18.9 Å². The maximum Gasteiger partial charge on any atom is 0.164 e. The Morgan fingerprint density at radius 2 is 2.16 bits per heavy atom. The minimum Gasteiger partial charge on any atom is -0.310 e. The van der Waals surface area contributed by atoms with Gasteiger partial charge in [-0.1, -0.05) is 20.8 Å². The molecule has 0 radical (unpaired) electrons. The van der Waals surface area contributed by atoms with Crippen molar-refractivity contribution < 1.29 is 8.42 Å². The second-order valence-corrected chi connectivity index (χ2v) is 7.51. The van der Waals surface area contributed by atoms with Gasteiger partial charge in [-0.3, -0.25) is 4.68 Å². The molecule has 0 aliphatic rings. The molecular formula is C12H24N4O2S. The van der Waals surface area contributed by atoms with E-state index < -0.39 is 9.84 Å². The molecule has 0 aliphatic carbocycles. The van der Waals surface area contributed by atoms with E-state index in [2.05, 4.69) is 29.2 Å². The SMILES string of the molecule is CCS(=O)(=O)CCCn1cnc(CNCC(C)C)n1. The average molecular weight is 288 g/mol. The van der Waals surface area contributed by atoms with Gasteiger partial charge in [-0.2, -0.15) is 5.10 Å². The highest BCUT2D eigenvalue weighted by Crippen LogP contribution is 1.97. The predicted octanol–water partition coefficient (Wildman–Crippen LogP) is 0.848. The zero-order valence-electron chi connectivity index (χ0n) is 12.0. The Morgan fingerprint density at radius 3 is 2.79 bits per heavy atom. The fourth-order valence-corrected chi connectivity index (χ4v) is 2.44. The van der Waals surface area contributed by atoms with Crippen molar-refractivity contribution in [1.82, 2.24) is 20.1 Å². The summed E-state index contributed by atoms with van der Waals surface area (Å²) in [5.41, 5.74) is 0. The molecule has 0 atom stereocenters. The van der Waals surface area contributed by atoms with Crippen molar-refractivity contribution in [2.75, 3.05) is 18.1 Å². The fourth-order valence-electron chi connectivity index (χ4n) is 1.59. The van der Waals surface area contributed by atoms with Gasteiger partial charge < -0.3 is 5.32 Å². The highest BCUT2D eigenvalue weighted by atomic mass is 32.2. The van der Waals surface area contributed by atoms with E-state index in [9.17, 15) is 8.42 Å². The van der Waals surface area contributed by atoms with Crippen LogP contribution in [-0.4, -0.2) is 41.2 Å². The van der Waals surface area contributed by atoms with Crippen LogP contribution < -0.4 is 5.32 Å². The van der Waals surface area contributed by atoms with Crippen LogP contribution in [0.15, 0.2) is 6.33 Å². The first-order chi connectivity index (χ1) is 8.93. The van der Waals surface area contributed by atoms with Crippen molar-refractivity contribution in [3.8, 4) is 0 Å². The van der Waals surface area contributed by atoms with Crippen molar-refractivity contribution in [1.29, 1.82) is 0 Å². The van der Waals surface area contributed by atoms with E-state index >= 15 is 0 Å². The summed E-state index contributed by atoms with van der Waals surface area (Å²) in [5, 5.41) is 7.57. The zero-order chi connectivity index (χ0) is 14.3. The number of hydrogen-bond donors (Lipinski definition) is 1. The summed E-state index contributed by atoms with van der Waals surface area (Å²) in [7, 11) is -2.88. The normalized spacial score (nSPS) is 12.2. The Morgan fingerprint density at radius 1 is 1.42 bits per heavy atom. The number of nitrogens with zero attached hydrogens (tertiary/aromatic N) is 3. The Kier molecular flexibility index (Phi) is 6.44. The minimum atomic E-state index is -2.88. The molecule has 7 heteroatoms. The molecule has 1 aromatic heterocycles. The van der Waals surface area contributed by atoms with Crippen molar-refractivity contribution in [2.45, 2.75) is 40.3 Å². The molecule has 0 aliphatic heterocycles. The molecule has 1 rings (SSSR count). The number of rotatable bonds is 9. The Hall–Kier alpha value is -0.950. The molecule has 1 aromatic rings. The van der Waals surface area contributed by atoms with Crippen LogP contribution >= 0.6 is 0 Å². The van der Waals surface area contributed by atoms with Gasteiger partial charge in [0, 0.05) is 12.3 Å². The Bertz CT molecular complexity index is 468. The highest BCUT2D eigenvalue weighted by molar-refractivity contribution is 7.91. The van der Waals surface area contributed by atoms with E-state index in [4.69, 9.17) is 0 Å². The first kappa shape index (κ1) is 16.1. The smallest absolute Gasteiger partial charge is 0.164 e. The molecule has 0 bridgehead atoms. The summed E-state index contributed by atoms with van der Waals surface area (Å²) in [5.74, 6) is 1.76. The highest BCUT2D eigenvalue weighted by Gasteiger charge is 2.07. The summed E-state index contributed by atoms with van der Waals surface area (Å²) in [6.45, 7) is 8.14. The standard InChI is InChI=1S/C12H24N4O2S/c1-4-19(17,18)7-5-6-16-10-14-12(15-16)9-13-8-11(2)3/h10-11,13H,4-9H2,1-3H3. The molecule has 110 valence electrons. The number of hydrogen-bond acceptors (Lipinski definition) is 5. The lowest BCUT2D eigenvalue weighted by atomic mass is 10.2. The zero-order valence-corrected chi connectivity index (χ0v) is 12.8. The Balaban J connectivity index is 2.31. The molecule has 6 nitrogen and oxygen atoms in total. The molecule has 0 unspecified atom stereocenters. The van der Waals surface area contributed by atoms with Gasteiger partial charge in [0.05, 0.1) is 12.3 Å². The molecule has 0 spiro atoms. The van der Waals surface area contributed by atoms with E-state index in [0.29, 0.717) is 25.4 Å². The van der Waals surface area contributed by atoms with Crippen LogP contribution in [0.1, 0.15) is 33.0 Å². The lowest BCUT2D eigenvalue weighted by molar-refractivity contribution is 0.534. The average Bonchev–Trinajstić information content (AvgIpc) is 2.76. The molecule has 0 fully saturated rings. The first-order valence-electron chi connectivity index (χ1n) is 6.72. The van der Waals surface area contributed by atoms with E-state index in [1.165, 1.54) is 0 Å². The van der Waals surface area contributed by atoms with Gasteiger partial charge in [0.25, 0.3) is 0 Å². The van der Waals surface area contributed by atoms with Crippen molar-refractivity contribution in [3.05, 3.63) is 12.2 Å². The van der Waals surface area contributed by atoms with Gasteiger partial charge in [0.2, 0.25) is 0 Å². The number of aryl methyl sites for hydroxylation is 1. The van der Waals surface area contributed by atoms with Crippen LogP contribution in [0.4, 0.5) is 0 Å². The monoisotopic (exact) mass is 288 g/mol. The number of aromatic nitrogens is 3. The third-order valence-corrected chi connectivity index (χ3v) is 4.49. The quantitative estimate of drug-likeness (QED) is 0.729. The minimum absolute atomic E-state index is 0.203. The summed E-state index contributed by atoms with van der Waals surface area (Å²) in [4.78, 5) is 4.19. The maximum atomic E-state index is 11.3. The molecule has 19 heavy (non-hydrogen) atoms. The van der Waals surface area contributed by atoms with E-state index in [-0.39, 0.29) is 11.5 Å². The van der Waals surface area contributed by atoms with Crippen molar-refractivity contribution in [3.63, 3.8) is 0 Å². The molecule has 0 saturated carbocycles. The molecule has 1 N–H and O–H groups in total. The van der Waals surface area contributed by atoms with Crippen LogP contribution in [0.25, 0.3) is 0 Å². The summed E-state index contributed by atoms with van der Waals surface area (Å²) in [6.07, 6.45) is 2.24. The predicted molar refractivity (Wildman–Crippen MR) is 75.5 cm³/mol. The van der Waals surface area contributed by atoms with Gasteiger partial charge in [0.1, 0.15) is 16.2 Å². The van der Waals surface area contributed by atoms with Gasteiger partial charge in [-0.25, -0.2) is 13.4 Å².